The number of aryl methyl sites for hydroxylation is 1. The Morgan fingerprint density at radius 1 is 1.54 bits per heavy atom. The van der Waals surface area contributed by atoms with Gasteiger partial charge in [0.1, 0.15) is 6.29 Å². The van der Waals surface area contributed by atoms with Crippen molar-refractivity contribution < 1.29 is 4.79 Å². The summed E-state index contributed by atoms with van der Waals surface area (Å²) < 4.78 is 1.13. The van der Waals surface area contributed by atoms with E-state index >= 15 is 0 Å². The largest absolute Gasteiger partial charge is 0.303 e. The number of carbonyl (C=O) groups is 1. The lowest BCUT2D eigenvalue weighted by molar-refractivity contribution is -0.108. The maximum Gasteiger partial charge on any atom is 0.120 e. The summed E-state index contributed by atoms with van der Waals surface area (Å²) in [5, 5.41) is 0. The van der Waals surface area contributed by atoms with Gasteiger partial charge >= 0.3 is 0 Å². The predicted molar refractivity (Wildman–Crippen MR) is 58.0 cm³/mol. The Bertz CT molecular complexity index is 307. The highest BCUT2D eigenvalue weighted by atomic mass is 79.9. The molecule has 70 valence electrons. The minimum Gasteiger partial charge on any atom is -0.303 e. The number of hydrogen-bond acceptors (Lipinski definition) is 1. The Balaban J connectivity index is 3.00. The predicted octanol–water partition coefficient (Wildman–Crippen LogP) is 3.45. The average molecular weight is 241 g/mol. The summed E-state index contributed by atoms with van der Waals surface area (Å²) in [5.41, 5.74) is 2.43. The molecule has 0 radical (unpaired) electrons. The number of hydrogen-bond donors (Lipinski definition) is 0. The fourth-order valence-corrected chi connectivity index (χ4v) is 1.98. The first kappa shape index (κ1) is 10.5. The van der Waals surface area contributed by atoms with Gasteiger partial charge in [-0.3, -0.25) is 0 Å². The molecule has 1 unspecified atom stereocenters. The number of rotatable bonds is 3. The van der Waals surface area contributed by atoms with Crippen LogP contribution in [-0.4, -0.2) is 6.29 Å². The summed E-state index contributed by atoms with van der Waals surface area (Å²) in [6, 6.07) is 6.14. The highest BCUT2D eigenvalue weighted by Crippen LogP contribution is 2.28. The van der Waals surface area contributed by atoms with E-state index < -0.39 is 0 Å². The number of carbonyl (C=O) groups excluding carboxylic acids is 1. The van der Waals surface area contributed by atoms with Crippen molar-refractivity contribution in [3.8, 4) is 0 Å². The standard InChI is InChI=1S/C11H13BrO/c1-8(6-7-13)10-5-3-4-9(2)11(10)12/h3-5,7-8H,6H2,1-2H3. The van der Waals surface area contributed by atoms with E-state index in [0.717, 1.165) is 10.8 Å². The lowest BCUT2D eigenvalue weighted by Crippen LogP contribution is -1.96. The van der Waals surface area contributed by atoms with Crippen LogP contribution >= 0.6 is 15.9 Å². The van der Waals surface area contributed by atoms with Gasteiger partial charge < -0.3 is 4.79 Å². The van der Waals surface area contributed by atoms with Crippen molar-refractivity contribution in [2.75, 3.05) is 0 Å². The summed E-state index contributed by atoms with van der Waals surface area (Å²) in [5.74, 6) is 0.298. The molecule has 13 heavy (non-hydrogen) atoms. The van der Waals surface area contributed by atoms with Crippen LogP contribution in [0.4, 0.5) is 0 Å². The second-order valence-corrected chi connectivity index (χ2v) is 4.07. The molecule has 0 bridgehead atoms. The molecule has 0 saturated carbocycles. The van der Waals surface area contributed by atoms with Crippen LogP contribution in [0.25, 0.3) is 0 Å². The Morgan fingerprint density at radius 2 is 2.23 bits per heavy atom. The van der Waals surface area contributed by atoms with Crippen LogP contribution in [0.15, 0.2) is 22.7 Å². The van der Waals surface area contributed by atoms with Gasteiger partial charge in [-0.15, -0.1) is 0 Å². The topological polar surface area (TPSA) is 17.1 Å². The van der Waals surface area contributed by atoms with Crippen molar-refractivity contribution in [1.82, 2.24) is 0 Å². The third-order valence-electron chi connectivity index (χ3n) is 2.20. The van der Waals surface area contributed by atoms with E-state index in [4.69, 9.17) is 0 Å². The summed E-state index contributed by atoms with van der Waals surface area (Å²) in [4.78, 5) is 10.4. The van der Waals surface area contributed by atoms with Gasteiger partial charge in [-0.1, -0.05) is 41.1 Å². The van der Waals surface area contributed by atoms with Crippen molar-refractivity contribution in [1.29, 1.82) is 0 Å². The highest BCUT2D eigenvalue weighted by Gasteiger charge is 2.09. The summed E-state index contributed by atoms with van der Waals surface area (Å²) in [7, 11) is 0. The summed E-state index contributed by atoms with van der Waals surface area (Å²) in [6.07, 6.45) is 1.56. The molecular weight excluding hydrogens is 228 g/mol. The van der Waals surface area contributed by atoms with E-state index in [1.165, 1.54) is 11.1 Å². The maximum atomic E-state index is 10.4. The van der Waals surface area contributed by atoms with Gasteiger partial charge in [-0.25, -0.2) is 0 Å². The third kappa shape index (κ3) is 2.41. The van der Waals surface area contributed by atoms with Gasteiger partial charge in [0.25, 0.3) is 0 Å². The summed E-state index contributed by atoms with van der Waals surface area (Å²) in [6.45, 7) is 4.12. The summed E-state index contributed by atoms with van der Waals surface area (Å²) >= 11 is 3.53. The molecule has 0 N–H and O–H groups in total. The zero-order valence-electron chi connectivity index (χ0n) is 7.88. The Morgan fingerprint density at radius 3 is 2.85 bits per heavy atom. The van der Waals surface area contributed by atoms with Crippen LogP contribution in [0.3, 0.4) is 0 Å². The second kappa shape index (κ2) is 4.56. The third-order valence-corrected chi connectivity index (χ3v) is 3.29. The van der Waals surface area contributed by atoms with Gasteiger partial charge in [-0.2, -0.15) is 0 Å². The zero-order valence-corrected chi connectivity index (χ0v) is 9.47. The van der Waals surface area contributed by atoms with E-state index in [1.54, 1.807) is 0 Å². The molecule has 1 aromatic carbocycles. The van der Waals surface area contributed by atoms with E-state index in [1.807, 2.05) is 6.07 Å². The van der Waals surface area contributed by atoms with Crippen LogP contribution in [0.5, 0.6) is 0 Å². The minimum absolute atomic E-state index is 0.298. The molecule has 0 heterocycles. The Kier molecular flexibility index (Phi) is 3.67. The quantitative estimate of drug-likeness (QED) is 0.740. The van der Waals surface area contributed by atoms with E-state index in [9.17, 15) is 4.79 Å². The van der Waals surface area contributed by atoms with E-state index in [2.05, 4.69) is 41.9 Å². The molecule has 2 heteroatoms. The smallest absolute Gasteiger partial charge is 0.120 e. The average Bonchev–Trinajstić information content (AvgIpc) is 2.10. The fourth-order valence-electron chi connectivity index (χ4n) is 1.32. The van der Waals surface area contributed by atoms with Crippen molar-refractivity contribution in [2.45, 2.75) is 26.2 Å². The molecule has 0 saturated heterocycles. The molecule has 1 rings (SSSR count). The number of halogens is 1. The van der Waals surface area contributed by atoms with E-state index in [-0.39, 0.29) is 0 Å². The SMILES string of the molecule is Cc1cccc(C(C)CC=O)c1Br. The van der Waals surface area contributed by atoms with Crippen LogP contribution in [0.1, 0.15) is 30.4 Å². The first-order valence-corrected chi connectivity index (χ1v) is 5.14. The molecular formula is C11H13BrO. The molecule has 0 aliphatic carbocycles. The first-order chi connectivity index (χ1) is 6.16. The molecule has 0 aliphatic heterocycles. The minimum atomic E-state index is 0.298. The second-order valence-electron chi connectivity index (χ2n) is 3.28. The number of benzene rings is 1. The molecule has 0 spiro atoms. The molecule has 1 aromatic rings. The first-order valence-electron chi connectivity index (χ1n) is 4.35. The van der Waals surface area contributed by atoms with Gasteiger partial charge in [0.05, 0.1) is 0 Å². The molecule has 0 amide bonds. The van der Waals surface area contributed by atoms with Crippen molar-refractivity contribution in [2.24, 2.45) is 0 Å². The molecule has 1 atom stereocenters. The van der Waals surface area contributed by atoms with Crippen molar-refractivity contribution >= 4 is 22.2 Å². The normalized spacial score (nSPS) is 12.5. The van der Waals surface area contributed by atoms with Crippen LogP contribution in [0.2, 0.25) is 0 Å². The monoisotopic (exact) mass is 240 g/mol. The lowest BCUT2D eigenvalue weighted by atomic mass is 9.97. The van der Waals surface area contributed by atoms with Crippen molar-refractivity contribution in [3.05, 3.63) is 33.8 Å². The lowest BCUT2D eigenvalue weighted by Gasteiger charge is -2.11. The number of aldehydes is 1. The van der Waals surface area contributed by atoms with Gasteiger partial charge in [0, 0.05) is 10.9 Å². The molecule has 1 nitrogen and oxygen atoms in total. The van der Waals surface area contributed by atoms with Crippen LogP contribution < -0.4 is 0 Å². The molecule has 0 fully saturated rings. The Hall–Kier alpha value is -0.630. The molecule has 0 aliphatic rings. The van der Waals surface area contributed by atoms with Gasteiger partial charge in [0.15, 0.2) is 0 Å². The zero-order chi connectivity index (χ0) is 9.84. The fraction of sp³-hybridized carbons (Fsp3) is 0.364. The Labute approximate surface area is 87.3 Å². The van der Waals surface area contributed by atoms with Crippen molar-refractivity contribution in [3.63, 3.8) is 0 Å². The van der Waals surface area contributed by atoms with Crippen LogP contribution in [0, 0.1) is 6.92 Å². The maximum absolute atomic E-state index is 10.4. The van der Waals surface area contributed by atoms with E-state index in [0.29, 0.717) is 12.3 Å². The molecule has 0 aromatic heterocycles. The van der Waals surface area contributed by atoms with Crippen LogP contribution in [-0.2, 0) is 4.79 Å². The highest BCUT2D eigenvalue weighted by molar-refractivity contribution is 9.10. The van der Waals surface area contributed by atoms with Gasteiger partial charge in [-0.05, 0) is 24.0 Å². The van der Waals surface area contributed by atoms with Gasteiger partial charge in [0.2, 0.25) is 0 Å².